The maximum atomic E-state index is 10.8. The summed E-state index contributed by atoms with van der Waals surface area (Å²) in [5.74, 6) is -1.03. The van der Waals surface area contributed by atoms with E-state index in [9.17, 15) is 4.79 Å². The first-order valence-corrected chi connectivity index (χ1v) is 7.97. The molecule has 0 aliphatic heterocycles. The van der Waals surface area contributed by atoms with E-state index in [0.717, 1.165) is 0 Å². The molecule has 0 aliphatic carbocycles. The molecule has 0 radical (unpaired) electrons. The predicted octanol–water partition coefficient (Wildman–Crippen LogP) is 1.81. The monoisotopic (exact) mass is 233 g/mol. The lowest BCUT2D eigenvalue weighted by Crippen LogP contribution is -2.53. The van der Waals surface area contributed by atoms with Gasteiger partial charge in [0.05, 0.1) is 6.61 Å². The van der Waals surface area contributed by atoms with E-state index in [2.05, 4.69) is 33.9 Å². The smallest absolute Gasteiger partial charge is 0.325 e. The zero-order valence-electron chi connectivity index (χ0n) is 10.5. The van der Waals surface area contributed by atoms with Gasteiger partial charge in [-0.05, 0) is 25.1 Å². The molecule has 90 valence electrons. The Hall–Kier alpha value is -0.393. The van der Waals surface area contributed by atoms with Gasteiger partial charge < -0.3 is 15.3 Å². The van der Waals surface area contributed by atoms with Gasteiger partial charge in [0.1, 0.15) is 5.54 Å². The highest BCUT2D eigenvalue weighted by atomic mass is 28.4. The number of aliphatic carboxylic acids is 1. The number of rotatable bonds is 4. The van der Waals surface area contributed by atoms with Crippen LogP contribution in [0.1, 0.15) is 27.7 Å². The summed E-state index contributed by atoms with van der Waals surface area (Å²) in [7, 11) is -1.90. The molecule has 0 fully saturated rings. The Kier molecular flexibility index (Phi) is 4.12. The molecule has 1 unspecified atom stereocenters. The molecule has 0 aromatic heterocycles. The second-order valence-corrected chi connectivity index (χ2v) is 10.6. The van der Waals surface area contributed by atoms with Crippen LogP contribution >= 0.6 is 0 Å². The van der Waals surface area contributed by atoms with Gasteiger partial charge in [-0.25, -0.2) is 0 Å². The van der Waals surface area contributed by atoms with Crippen LogP contribution in [0.4, 0.5) is 0 Å². The SMILES string of the molecule is CC(N)(CO[Si](C)(C)C(C)(C)C)C(=O)O. The maximum absolute atomic E-state index is 10.8. The van der Waals surface area contributed by atoms with Crippen LogP contribution < -0.4 is 5.73 Å². The first kappa shape index (κ1) is 14.6. The van der Waals surface area contributed by atoms with Gasteiger partial charge in [0, 0.05) is 0 Å². The molecule has 0 spiro atoms. The molecule has 0 rings (SSSR count). The minimum absolute atomic E-state index is 0.0683. The third-order valence-electron chi connectivity index (χ3n) is 3.03. The molecule has 0 heterocycles. The fourth-order valence-electron chi connectivity index (χ4n) is 0.609. The molecule has 0 saturated carbocycles. The van der Waals surface area contributed by atoms with Gasteiger partial charge in [-0.3, -0.25) is 4.79 Å². The Morgan fingerprint density at radius 1 is 1.33 bits per heavy atom. The Labute approximate surface area is 92.9 Å². The van der Waals surface area contributed by atoms with Crippen molar-refractivity contribution in [1.29, 1.82) is 0 Å². The van der Waals surface area contributed by atoms with Crippen LogP contribution in [0.15, 0.2) is 0 Å². The highest BCUT2D eigenvalue weighted by Crippen LogP contribution is 2.36. The van der Waals surface area contributed by atoms with Crippen LogP contribution in [0.3, 0.4) is 0 Å². The van der Waals surface area contributed by atoms with E-state index in [1.807, 2.05) is 0 Å². The van der Waals surface area contributed by atoms with Crippen molar-refractivity contribution in [3.8, 4) is 0 Å². The average Bonchev–Trinajstić information content (AvgIpc) is 1.99. The molecule has 1 atom stereocenters. The van der Waals surface area contributed by atoms with E-state index < -0.39 is 19.8 Å². The van der Waals surface area contributed by atoms with Crippen molar-refractivity contribution in [3.05, 3.63) is 0 Å². The molecule has 0 bridgehead atoms. The molecule has 0 aromatic carbocycles. The number of hydrogen-bond acceptors (Lipinski definition) is 3. The summed E-state index contributed by atoms with van der Waals surface area (Å²) in [4.78, 5) is 10.8. The van der Waals surface area contributed by atoms with Crippen molar-refractivity contribution < 1.29 is 14.3 Å². The molecular weight excluding hydrogens is 210 g/mol. The van der Waals surface area contributed by atoms with Gasteiger partial charge in [-0.2, -0.15) is 0 Å². The summed E-state index contributed by atoms with van der Waals surface area (Å²) in [5, 5.41) is 8.92. The first-order valence-electron chi connectivity index (χ1n) is 5.06. The first-order chi connectivity index (χ1) is 6.40. The van der Waals surface area contributed by atoms with E-state index in [-0.39, 0.29) is 11.6 Å². The highest BCUT2D eigenvalue weighted by molar-refractivity contribution is 6.74. The molecule has 15 heavy (non-hydrogen) atoms. The molecule has 5 heteroatoms. The minimum atomic E-state index is -1.90. The van der Waals surface area contributed by atoms with Gasteiger partial charge in [0.25, 0.3) is 0 Å². The van der Waals surface area contributed by atoms with Gasteiger partial charge in [-0.1, -0.05) is 20.8 Å². The largest absolute Gasteiger partial charge is 0.480 e. The van der Waals surface area contributed by atoms with E-state index in [4.69, 9.17) is 15.3 Å². The molecule has 0 aliphatic rings. The van der Waals surface area contributed by atoms with Gasteiger partial charge in [-0.15, -0.1) is 0 Å². The van der Waals surface area contributed by atoms with Crippen LogP contribution in [0.2, 0.25) is 18.1 Å². The summed E-state index contributed by atoms with van der Waals surface area (Å²) in [6.45, 7) is 12.0. The second-order valence-electron chi connectivity index (χ2n) is 5.77. The number of nitrogens with two attached hydrogens (primary N) is 1. The molecule has 3 N–H and O–H groups in total. The van der Waals surface area contributed by atoms with Crippen molar-refractivity contribution in [2.75, 3.05) is 6.61 Å². The van der Waals surface area contributed by atoms with E-state index >= 15 is 0 Å². The number of hydrogen-bond donors (Lipinski definition) is 2. The minimum Gasteiger partial charge on any atom is -0.480 e. The van der Waals surface area contributed by atoms with E-state index in [1.165, 1.54) is 6.92 Å². The Morgan fingerprint density at radius 3 is 2.00 bits per heavy atom. The zero-order valence-corrected chi connectivity index (χ0v) is 11.5. The lowest BCUT2D eigenvalue weighted by Gasteiger charge is -2.37. The van der Waals surface area contributed by atoms with Gasteiger partial charge >= 0.3 is 5.97 Å². The fourth-order valence-corrected chi connectivity index (χ4v) is 1.70. The van der Waals surface area contributed by atoms with Crippen LogP contribution in [0, 0.1) is 0 Å². The Morgan fingerprint density at radius 2 is 1.73 bits per heavy atom. The standard InChI is InChI=1S/C10H23NO3Si/c1-9(2,3)15(5,6)14-7-10(4,11)8(12)13/h7,11H2,1-6H3,(H,12,13). The summed E-state index contributed by atoms with van der Waals surface area (Å²) in [6, 6.07) is 0. The molecule has 0 aromatic rings. The van der Waals surface area contributed by atoms with Crippen molar-refractivity contribution in [3.63, 3.8) is 0 Å². The van der Waals surface area contributed by atoms with Crippen LogP contribution in [-0.4, -0.2) is 31.5 Å². The number of carboxylic acids is 1. The van der Waals surface area contributed by atoms with Crippen molar-refractivity contribution in [2.24, 2.45) is 5.73 Å². The zero-order chi connectivity index (χ0) is 12.5. The normalized spacial score (nSPS) is 17.3. The summed E-state index contributed by atoms with van der Waals surface area (Å²) < 4.78 is 5.75. The van der Waals surface area contributed by atoms with E-state index in [0.29, 0.717) is 0 Å². The average molecular weight is 233 g/mol. The number of carboxylic acid groups (broad SMARTS) is 1. The number of carbonyl (C=O) groups is 1. The maximum Gasteiger partial charge on any atom is 0.325 e. The van der Waals surface area contributed by atoms with Gasteiger partial charge in [0.15, 0.2) is 8.32 Å². The Balaban J connectivity index is 4.47. The van der Waals surface area contributed by atoms with Crippen molar-refractivity contribution >= 4 is 14.3 Å². The summed E-state index contributed by atoms with van der Waals surface area (Å²) in [6.07, 6.45) is 0. The van der Waals surface area contributed by atoms with Crippen LogP contribution in [0.25, 0.3) is 0 Å². The summed E-state index contributed by atoms with van der Waals surface area (Å²) >= 11 is 0. The third-order valence-corrected chi connectivity index (χ3v) is 7.51. The van der Waals surface area contributed by atoms with E-state index in [1.54, 1.807) is 0 Å². The highest BCUT2D eigenvalue weighted by Gasteiger charge is 2.40. The van der Waals surface area contributed by atoms with Crippen LogP contribution in [-0.2, 0) is 9.22 Å². The predicted molar refractivity (Wildman–Crippen MR) is 63.4 cm³/mol. The molecular formula is C10H23NO3Si. The van der Waals surface area contributed by atoms with Crippen LogP contribution in [0.5, 0.6) is 0 Å². The Bertz CT molecular complexity index is 244. The molecule has 4 nitrogen and oxygen atoms in total. The van der Waals surface area contributed by atoms with Crippen molar-refractivity contribution in [2.45, 2.75) is 51.4 Å². The quantitative estimate of drug-likeness (QED) is 0.726. The lowest BCUT2D eigenvalue weighted by molar-refractivity contribution is -0.143. The summed E-state index contributed by atoms with van der Waals surface area (Å²) in [5.41, 5.74) is 4.31. The topological polar surface area (TPSA) is 72.5 Å². The van der Waals surface area contributed by atoms with Crippen molar-refractivity contribution in [1.82, 2.24) is 0 Å². The lowest BCUT2D eigenvalue weighted by atomic mass is 10.1. The molecule has 0 amide bonds. The third kappa shape index (κ3) is 3.93. The molecule has 0 saturated heterocycles. The second kappa shape index (κ2) is 4.23. The fraction of sp³-hybridized carbons (Fsp3) is 0.900. The van der Waals surface area contributed by atoms with Gasteiger partial charge in [0.2, 0.25) is 0 Å².